The zero-order valence-corrected chi connectivity index (χ0v) is 16.3. The van der Waals surface area contributed by atoms with Crippen LogP contribution in [0.1, 0.15) is 34.8 Å². The lowest BCUT2D eigenvalue weighted by molar-refractivity contribution is -0.148. The number of methoxy groups -OCH3 is 1. The quantitative estimate of drug-likeness (QED) is 0.613. The van der Waals surface area contributed by atoms with Crippen molar-refractivity contribution in [1.82, 2.24) is 15.5 Å². The van der Waals surface area contributed by atoms with Gasteiger partial charge in [0.15, 0.2) is 6.10 Å². The van der Waals surface area contributed by atoms with Crippen LogP contribution in [0.4, 0.5) is 0 Å². The number of benzene rings is 2. The molecular formula is C21H21N3O5. The highest BCUT2D eigenvalue weighted by Gasteiger charge is 2.20. The summed E-state index contributed by atoms with van der Waals surface area (Å²) in [4.78, 5) is 24.3. The molecular weight excluding hydrogens is 374 g/mol. The summed E-state index contributed by atoms with van der Waals surface area (Å²) in [7, 11) is 1.47. The fourth-order valence-electron chi connectivity index (χ4n) is 2.58. The predicted octanol–water partition coefficient (Wildman–Crippen LogP) is 3.09. The summed E-state index contributed by atoms with van der Waals surface area (Å²) >= 11 is 0. The molecule has 0 radical (unpaired) electrons. The number of ether oxygens (including phenoxy) is 2. The molecule has 1 atom stereocenters. The number of carbonyl (C=O) groups excluding carboxylic acids is 2. The third-order valence-electron chi connectivity index (χ3n) is 4.14. The molecule has 150 valence electrons. The second-order valence-corrected chi connectivity index (χ2v) is 6.33. The summed E-state index contributed by atoms with van der Waals surface area (Å²) < 4.78 is 16.0. The Hall–Kier alpha value is -3.68. The largest absolute Gasteiger partial charge is 0.496 e. The Morgan fingerprint density at radius 2 is 1.83 bits per heavy atom. The van der Waals surface area contributed by atoms with Crippen molar-refractivity contribution in [2.75, 3.05) is 13.7 Å². The molecule has 0 saturated heterocycles. The first-order valence-corrected chi connectivity index (χ1v) is 8.99. The number of aryl methyl sites for hydroxylation is 1. The molecule has 1 amide bonds. The van der Waals surface area contributed by atoms with Gasteiger partial charge >= 0.3 is 5.97 Å². The Bertz CT molecular complexity index is 998. The minimum atomic E-state index is -0.752. The standard InChI is InChI=1S/C21H21N3O5/c1-13-8-10-15(11-9-13)21-24-23-20(29-21)14(2)28-18(25)12-22-19(26)16-6-4-5-7-17(16)27-3/h4-11,14H,12H2,1-3H3,(H,22,26)/t14-/m0/s1. The molecule has 0 aliphatic rings. The molecule has 0 bridgehead atoms. The van der Waals surface area contributed by atoms with Crippen molar-refractivity contribution >= 4 is 11.9 Å². The molecule has 29 heavy (non-hydrogen) atoms. The molecule has 3 rings (SSSR count). The third kappa shape index (κ3) is 4.98. The Morgan fingerprint density at radius 3 is 2.55 bits per heavy atom. The highest BCUT2D eigenvalue weighted by molar-refractivity contribution is 5.98. The van der Waals surface area contributed by atoms with Crippen LogP contribution in [0.15, 0.2) is 52.9 Å². The SMILES string of the molecule is COc1ccccc1C(=O)NCC(=O)O[C@@H](C)c1nnc(-c2ccc(C)cc2)o1. The fraction of sp³-hybridized carbons (Fsp3) is 0.238. The average molecular weight is 395 g/mol. The molecule has 2 aromatic carbocycles. The first-order chi connectivity index (χ1) is 14.0. The number of para-hydroxylation sites is 1. The van der Waals surface area contributed by atoms with E-state index in [4.69, 9.17) is 13.9 Å². The van der Waals surface area contributed by atoms with Gasteiger partial charge in [0, 0.05) is 5.56 Å². The number of hydrogen-bond acceptors (Lipinski definition) is 7. The van der Waals surface area contributed by atoms with Crippen LogP contribution >= 0.6 is 0 Å². The van der Waals surface area contributed by atoms with E-state index in [1.807, 2.05) is 31.2 Å². The predicted molar refractivity (Wildman–Crippen MR) is 104 cm³/mol. The summed E-state index contributed by atoms with van der Waals surface area (Å²) in [6.07, 6.45) is -0.752. The number of rotatable bonds is 7. The lowest BCUT2D eigenvalue weighted by Crippen LogP contribution is -2.31. The summed E-state index contributed by atoms with van der Waals surface area (Å²) in [6.45, 7) is 3.30. The first-order valence-electron chi connectivity index (χ1n) is 8.99. The van der Waals surface area contributed by atoms with Crippen LogP contribution in [0.25, 0.3) is 11.5 Å². The maximum Gasteiger partial charge on any atom is 0.326 e. The summed E-state index contributed by atoms with van der Waals surface area (Å²) in [6, 6.07) is 14.3. The maximum absolute atomic E-state index is 12.2. The van der Waals surface area contributed by atoms with Crippen molar-refractivity contribution in [2.24, 2.45) is 0 Å². The molecule has 0 unspecified atom stereocenters. The second-order valence-electron chi connectivity index (χ2n) is 6.33. The number of nitrogens with zero attached hydrogens (tertiary/aromatic N) is 2. The van der Waals surface area contributed by atoms with E-state index in [9.17, 15) is 9.59 Å². The smallest absolute Gasteiger partial charge is 0.326 e. The van der Waals surface area contributed by atoms with Crippen molar-refractivity contribution < 1.29 is 23.5 Å². The van der Waals surface area contributed by atoms with E-state index in [0.29, 0.717) is 17.2 Å². The molecule has 8 heteroatoms. The van der Waals surface area contributed by atoms with Gasteiger partial charge in [-0.2, -0.15) is 0 Å². The van der Waals surface area contributed by atoms with E-state index in [1.165, 1.54) is 7.11 Å². The van der Waals surface area contributed by atoms with E-state index in [-0.39, 0.29) is 12.4 Å². The van der Waals surface area contributed by atoms with Crippen molar-refractivity contribution in [1.29, 1.82) is 0 Å². The average Bonchev–Trinajstić information content (AvgIpc) is 3.23. The first kappa shape index (κ1) is 20.1. The van der Waals surface area contributed by atoms with Gasteiger partial charge in [0.05, 0.1) is 12.7 Å². The van der Waals surface area contributed by atoms with Gasteiger partial charge in [0.25, 0.3) is 11.8 Å². The van der Waals surface area contributed by atoms with E-state index in [2.05, 4.69) is 15.5 Å². The van der Waals surface area contributed by atoms with Crippen LogP contribution in [0, 0.1) is 6.92 Å². The van der Waals surface area contributed by atoms with Gasteiger partial charge in [-0.05, 0) is 38.1 Å². The molecule has 1 aromatic heterocycles. The van der Waals surface area contributed by atoms with Gasteiger partial charge in [0.2, 0.25) is 5.89 Å². The molecule has 1 N–H and O–H groups in total. The number of esters is 1. The van der Waals surface area contributed by atoms with Crippen molar-refractivity contribution in [3.63, 3.8) is 0 Å². The van der Waals surface area contributed by atoms with Gasteiger partial charge in [-0.25, -0.2) is 0 Å². The monoisotopic (exact) mass is 395 g/mol. The molecule has 8 nitrogen and oxygen atoms in total. The Labute approximate surface area is 167 Å². The van der Waals surface area contributed by atoms with E-state index < -0.39 is 18.0 Å². The van der Waals surface area contributed by atoms with Gasteiger partial charge in [-0.1, -0.05) is 29.8 Å². The Balaban J connectivity index is 1.55. The number of aromatic nitrogens is 2. The maximum atomic E-state index is 12.2. The number of hydrogen-bond donors (Lipinski definition) is 1. The van der Waals surface area contributed by atoms with Crippen molar-refractivity contribution in [3.8, 4) is 17.2 Å². The molecule has 0 aliphatic heterocycles. The number of nitrogens with one attached hydrogen (secondary N) is 1. The highest BCUT2D eigenvalue weighted by atomic mass is 16.6. The van der Waals surface area contributed by atoms with Crippen LogP contribution in [-0.2, 0) is 9.53 Å². The topological polar surface area (TPSA) is 104 Å². The van der Waals surface area contributed by atoms with Gasteiger partial charge in [-0.15, -0.1) is 10.2 Å². The molecule has 3 aromatic rings. The van der Waals surface area contributed by atoms with Crippen LogP contribution in [0.5, 0.6) is 5.75 Å². The van der Waals surface area contributed by atoms with E-state index >= 15 is 0 Å². The van der Waals surface area contributed by atoms with E-state index in [0.717, 1.165) is 11.1 Å². The van der Waals surface area contributed by atoms with Crippen LogP contribution < -0.4 is 10.1 Å². The minimum absolute atomic E-state index is 0.171. The lowest BCUT2D eigenvalue weighted by atomic mass is 10.1. The summed E-state index contributed by atoms with van der Waals surface area (Å²) in [5.41, 5.74) is 2.22. The van der Waals surface area contributed by atoms with Crippen LogP contribution in [-0.4, -0.2) is 35.7 Å². The summed E-state index contributed by atoms with van der Waals surface area (Å²) in [5, 5.41) is 10.4. The van der Waals surface area contributed by atoms with Crippen molar-refractivity contribution in [3.05, 3.63) is 65.5 Å². The molecule has 0 spiro atoms. The zero-order valence-electron chi connectivity index (χ0n) is 16.3. The highest BCUT2D eigenvalue weighted by Crippen LogP contribution is 2.22. The Kier molecular flexibility index (Phi) is 6.23. The van der Waals surface area contributed by atoms with Gasteiger partial charge in [0.1, 0.15) is 12.3 Å². The summed E-state index contributed by atoms with van der Waals surface area (Å²) in [5.74, 6) is -0.138. The zero-order chi connectivity index (χ0) is 20.8. The Morgan fingerprint density at radius 1 is 1.10 bits per heavy atom. The molecule has 0 fully saturated rings. The van der Waals surface area contributed by atoms with Gasteiger partial charge in [-0.3, -0.25) is 9.59 Å². The number of carbonyl (C=O) groups is 2. The van der Waals surface area contributed by atoms with Gasteiger partial charge < -0.3 is 19.2 Å². The fourth-order valence-corrected chi connectivity index (χ4v) is 2.58. The minimum Gasteiger partial charge on any atom is -0.496 e. The molecule has 0 saturated carbocycles. The normalized spacial score (nSPS) is 11.6. The molecule has 1 heterocycles. The lowest BCUT2D eigenvalue weighted by Gasteiger charge is -2.11. The molecule has 0 aliphatic carbocycles. The van der Waals surface area contributed by atoms with Crippen molar-refractivity contribution in [2.45, 2.75) is 20.0 Å². The van der Waals surface area contributed by atoms with Crippen LogP contribution in [0.3, 0.4) is 0 Å². The third-order valence-corrected chi connectivity index (χ3v) is 4.14. The second kappa shape index (κ2) is 9.01. The number of amides is 1. The van der Waals surface area contributed by atoms with E-state index in [1.54, 1.807) is 31.2 Å². The van der Waals surface area contributed by atoms with Crippen LogP contribution in [0.2, 0.25) is 0 Å².